The van der Waals surface area contributed by atoms with Crippen LogP contribution in [0.25, 0.3) is 0 Å². The summed E-state index contributed by atoms with van der Waals surface area (Å²) in [6, 6.07) is -3.17. The second-order valence-corrected chi connectivity index (χ2v) is 5.45. The van der Waals surface area contributed by atoms with Crippen LogP contribution in [0.5, 0.6) is 0 Å². The van der Waals surface area contributed by atoms with Crippen LogP contribution in [0.15, 0.2) is 0 Å². The first-order valence-electron chi connectivity index (χ1n) is 7.20. The summed E-state index contributed by atoms with van der Waals surface area (Å²) in [5.41, 5.74) is 0. The molecule has 0 saturated carbocycles. The largest absolute Gasteiger partial charge is 0.471 e. The maximum atomic E-state index is 13.0. The van der Waals surface area contributed by atoms with Crippen LogP contribution >= 0.6 is 0 Å². The lowest BCUT2D eigenvalue weighted by Gasteiger charge is -2.40. The van der Waals surface area contributed by atoms with Crippen LogP contribution in [0.2, 0.25) is 0 Å². The average molecular weight is 348 g/mol. The molecule has 1 rings (SSSR count). The number of alkyl halides is 6. The van der Waals surface area contributed by atoms with Crippen molar-refractivity contribution in [1.82, 2.24) is 10.2 Å². The van der Waals surface area contributed by atoms with Crippen LogP contribution in [-0.2, 0) is 9.59 Å². The van der Waals surface area contributed by atoms with E-state index in [-0.39, 0.29) is 12.8 Å². The van der Waals surface area contributed by atoms with E-state index < -0.39 is 49.2 Å². The Morgan fingerprint density at radius 3 is 2.22 bits per heavy atom. The maximum absolute atomic E-state index is 13.0. The van der Waals surface area contributed by atoms with Gasteiger partial charge in [0.1, 0.15) is 6.04 Å². The minimum absolute atomic E-state index is 0.108. The smallest absolute Gasteiger partial charge is 0.344 e. The Morgan fingerprint density at radius 2 is 1.74 bits per heavy atom. The van der Waals surface area contributed by atoms with Crippen molar-refractivity contribution in [3.05, 3.63) is 0 Å². The van der Waals surface area contributed by atoms with Crippen molar-refractivity contribution in [2.24, 2.45) is 0 Å². The molecule has 134 valence electrons. The molecule has 2 atom stereocenters. The zero-order valence-corrected chi connectivity index (χ0v) is 12.4. The van der Waals surface area contributed by atoms with E-state index in [2.05, 4.69) is 0 Å². The molecule has 0 aromatic rings. The van der Waals surface area contributed by atoms with Gasteiger partial charge in [0.05, 0.1) is 0 Å². The topological polar surface area (TPSA) is 49.4 Å². The van der Waals surface area contributed by atoms with Crippen molar-refractivity contribution in [2.75, 3.05) is 6.54 Å². The van der Waals surface area contributed by atoms with Crippen molar-refractivity contribution < 1.29 is 35.9 Å². The fourth-order valence-corrected chi connectivity index (χ4v) is 2.44. The first-order valence-corrected chi connectivity index (χ1v) is 7.20. The molecule has 2 unspecified atom stereocenters. The number of carbonyl (C=O) groups excluding carboxylic acids is 2. The molecule has 1 aliphatic heterocycles. The summed E-state index contributed by atoms with van der Waals surface area (Å²) in [7, 11) is 0. The minimum atomic E-state index is -5.11. The molecule has 0 aromatic carbocycles. The molecule has 4 nitrogen and oxygen atoms in total. The average Bonchev–Trinajstić information content (AvgIpc) is 2.42. The van der Waals surface area contributed by atoms with Gasteiger partial charge < -0.3 is 10.2 Å². The fourth-order valence-electron chi connectivity index (χ4n) is 2.44. The number of hydrogen-bond acceptors (Lipinski definition) is 2. The number of likely N-dealkylation sites (tertiary alicyclic amines) is 1. The fraction of sp³-hybridized carbons (Fsp3) is 0.846. The Labute approximate surface area is 129 Å². The number of halogens is 6. The SMILES string of the molecule is CCCCC(=O)N1CC(NC(=O)C(F)(F)F)CCC1C(F)(F)F. The summed E-state index contributed by atoms with van der Waals surface area (Å²) in [6.07, 6.45) is -9.69. The Kier molecular flexibility index (Phi) is 6.29. The van der Waals surface area contributed by atoms with E-state index in [1.807, 2.05) is 0 Å². The molecule has 0 bridgehead atoms. The zero-order valence-electron chi connectivity index (χ0n) is 12.4. The third-order valence-corrected chi connectivity index (χ3v) is 3.62. The van der Waals surface area contributed by atoms with Gasteiger partial charge in [-0.2, -0.15) is 26.3 Å². The van der Waals surface area contributed by atoms with Gasteiger partial charge in [0.15, 0.2) is 0 Å². The van der Waals surface area contributed by atoms with Gasteiger partial charge in [0, 0.05) is 19.0 Å². The molecule has 10 heteroatoms. The first-order chi connectivity index (χ1) is 10.5. The number of unbranched alkanes of at least 4 members (excludes halogenated alkanes) is 1. The van der Waals surface area contributed by atoms with Crippen LogP contribution in [-0.4, -0.2) is 47.7 Å². The van der Waals surface area contributed by atoms with Gasteiger partial charge >= 0.3 is 18.3 Å². The molecule has 1 aliphatic rings. The van der Waals surface area contributed by atoms with E-state index >= 15 is 0 Å². The van der Waals surface area contributed by atoms with E-state index in [1.165, 1.54) is 0 Å². The van der Waals surface area contributed by atoms with Crippen LogP contribution in [0, 0.1) is 0 Å². The summed E-state index contributed by atoms with van der Waals surface area (Å²) in [5.74, 6) is -2.98. The zero-order chi connectivity index (χ0) is 17.8. The Morgan fingerprint density at radius 1 is 1.13 bits per heavy atom. The quantitative estimate of drug-likeness (QED) is 0.795. The van der Waals surface area contributed by atoms with Gasteiger partial charge in [-0.05, 0) is 19.3 Å². The maximum Gasteiger partial charge on any atom is 0.471 e. The molecular weight excluding hydrogens is 330 g/mol. The predicted molar refractivity (Wildman–Crippen MR) is 68.3 cm³/mol. The lowest BCUT2D eigenvalue weighted by molar-refractivity contribution is -0.198. The Hall–Kier alpha value is -1.48. The van der Waals surface area contributed by atoms with E-state index in [4.69, 9.17) is 0 Å². The van der Waals surface area contributed by atoms with Crippen LogP contribution < -0.4 is 5.32 Å². The third kappa shape index (κ3) is 5.58. The number of nitrogens with zero attached hydrogens (tertiary/aromatic N) is 1. The molecule has 0 aromatic heterocycles. The molecule has 1 saturated heterocycles. The van der Waals surface area contributed by atoms with Crippen LogP contribution in [0.1, 0.15) is 39.0 Å². The van der Waals surface area contributed by atoms with E-state index in [0.29, 0.717) is 17.7 Å². The summed E-state index contributed by atoms with van der Waals surface area (Å²) in [5, 5.41) is 1.65. The van der Waals surface area contributed by atoms with Gasteiger partial charge in [-0.3, -0.25) is 9.59 Å². The van der Waals surface area contributed by atoms with Crippen molar-refractivity contribution in [2.45, 2.75) is 63.5 Å². The summed E-state index contributed by atoms with van der Waals surface area (Å²) in [6.45, 7) is 1.19. The molecule has 0 radical (unpaired) electrons. The second kappa shape index (κ2) is 7.39. The molecular formula is C13H18F6N2O2. The molecule has 1 N–H and O–H groups in total. The van der Waals surface area contributed by atoms with Crippen LogP contribution in [0.4, 0.5) is 26.3 Å². The van der Waals surface area contributed by atoms with Gasteiger partial charge in [-0.15, -0.1) is 0 Å². The predicted octanol–water partition coefficient (Wildman–Crippen LogP) is 2.78. The molecule has 0 spiro atoms. The molecule has 2 amide bonds. The van der Waals surface area contributed by atoms with E-state index in [0.717, 1.165) is 0 Å². The summed E-state index contributed by atoms with van der Waals surface area (Å²) in [4.78, 5) is 23.4. The number of piperidine rings is 1. The van der Waals surface area contributed by atoms with Gasteiger partial charge in [0.2, 0.25) is 5.91 Å². The monoisotopic (exact) mass is 348 g/mol. The Balaban J connectivity index is 2.81. The normalized spacial score (nSPS) is 22.8. The molecule has 1 heterocycles. The highest BCUT2D eigenvalue weighted by Gasteiger charge is 2.49. The van der Waals surface area contributed by atoms with E-state index in [1.54, 1.807) is 12.2 Å². The molecule has 23 heavy (non-hydrogen) atoms. The highest BCUT2D eigenvalue weighted by molar-refractivity contribution is 5.82. The Bertz CT molecular complexity index is 435. The van der Waals surface area contributed by atoms with Crippen molar-refractivity contribution in [1.29, 1.82) is 0 Å². The number of hydrogen-bond donors (Lipinski definition) is 1. The number of rotatable bonds is 4. The molecule has 0 aliphatic carbocycles. The van der Waals surface area contributed by atoms with Gasteiger partial charge in [-0.25, -0.2) is 0 Å². The van der Waals surface area contributed by atoms with Crippen molar-refractivity contribution >= 4 is 11.8 Å². The summed E-state index contributed by atoms with van der Waals surface area (Å²) >= 11 is 0. The highest BCUT2D eigenvalue weighted by atomic mass is 19.4. The lowest BCUT2D eigenvalue weighted by atomic mass is 9.96. The standard InChI is InChI=1S/C13H18F6N2O2/c1-2-3-4-10(22)21-7-8(20-11(23)13(17,18)19)5-6-9(21)12(14,15)16/h8-9H,2-7H2,1H3,(H,20,23). The van der Waals surface area contributed by atoms with Crippen molar-refractivity contribution in [3.63, 3.8) is 0 Å². The third-order valence-electron chi connectivity index (χ3n) is 3.62. The van der Waals surface area contributed by atoms with Crippen LogP contribution in [0.3, 0.4) is 0 Å². The first kappa shape index (κ1) is 19.6. The highest BCUT2D eigenvalue weighted by Crippen LogP contribution is 2.32. The summed E-state index contributed by atoms with van der Waals surface area (Å²) < 4.78 is 75.6. The minimum Gasteiger partial charge on any atom is -0.344 e. The van der Waals surface area contributed by atoms with E-state index in [9.17, 15) is 35.9 Å². The second-order valence-electron chi connectivity index (χ2n) is 5.45. The lowest BCUT2D eigenvalue weighted by Crippen LogP contribution is -2.59. The number of amides is 2. The van der Waals surface area contributed by atoms with Crippen molar-refractivity contribution in [3.8, 4) is 0 Å². The van der Waals surface area contributed by atoms with Gasteiger partial charge in [-0.1, -0.05) is 13.3 Å². The van der Waals surface area contributed by atoms with Gasteiger partial charge in [0.25, 0.3) is 0 Å². The molecule has 1 fully saturated rings. The number of nitrogens with one attached hydrogen (secondary N) is 1. The number of carbonyl (C=O) groups is 2.